The number of ether oxygens (including phenoxy) is 5. The van der Waals surface area contributed by atoms with Crippen LogP contribution in [0.25, 0.3) is 0 Å². The van der Waals surface area contributed by atoms with Gasteiger partial charge < -0.3 is 60.1 Å². The molecule has 0 aromatic carbocycles. The first-order valence-corrected chi connectivity index (χ1v) is 15.9. The Kier molecular flexibility index (Phi) is 13.1. The van der Waals surface area contributed by atoms with E-state index in [9.17, 15) is 40.2 Å². The summed E-state index contributed by atoms with van der Waals surface area (Å²) in [6.07, 6.45) is 5.25. The molecule has 262 valence electrons. The van der Waals surface area contributed by atoms with Crippen molar-refractivity contribution in [3.05, 3.63) is 60.8 Å². The number of hydrogen-bond acceptors (Lipinski definition) is 13. The minimum Gasteiger partial charge on any atom is -0.481 e. The largest absolute Gasteiger partial charge is 0.481 e. The molecule has 0 saturated carbocycles. The fourth-order valence-electron chi connectivity index (χ4n) is 6.00. The smallest absolute Gasteiger partial charge is 0.330 e. The number of aliphatic hydroxyl groups excluding tert-OH is 4. The number of cyclic esters (lactones) is 1. The lowest BCUT2D eigenvalue weighted by Gasteiger charge is -2.45. The monoisotopic (exact) mass is 665 g/mol. The second kappa shape index (κ2) is 16.6. The van der Waals surface area contributed by atoms with Crippen LogP contribution in [0, 0.1) is 5.92 Å². The van der Waals surface area contributed by atoms with Crippen LogP contribution in [0.3, 0.4) is 0 Å². The quantitative estimate of drug-likeness (QED) is 0.157. The third-order valence-electron chi connectivity index (χ3n) is 8.58. The lowest BCUT2D eigenvalue weighted by Crippen LogP contribution is -2.61. The predicted molar refractivity (Wildman–Crippen MR) is 165 cm³/mol. The number of carboxylic acid groups (broad SMARTS) is 1. The molecule has 0 spiro atoms. The van der Waals surface area contributed by atoms with Gasteiger partial charge in [0.2, 0.25) is 0 Å². The number of hydrogen-bond donors (Lipinski definition) is 7. The Morgan fingerprint density at radius 2 is 1.64 bits per heavy atom. The number of aliphatic carboxylic acids is 1. The molecule has 3 saturated heterocycles. The van der Waals surface area contributed by atoms with E-state index in [1.165, 1.54) is 12.2 Å². The molecule has 4 aliphatic rings. The Balaban J connectivity index is 1.58. The molecule has 0 aliphatic carbocycles. The van der Waals surface area contributed by atoms with Crippen molar-refractivity contribution in [1.82, 2.24) is 0 Å². The first kappa shape index (κ1) is 37.1. The van der Waals surface area contributed by atoms with Gasteiger partial charge in [0, 0.05) is 38.2 Å². The topological polar surface area (TPSA) is 231 Å². The van der Waals surface area contributed by atoms with Gasteiger partial charge in [0.1, 0.15) is 24.2 Å². The number of allylic oxidation sites excluding steroid dienone is 6. The van der Waals surface area contributed by atoms with Crippen LogP contribution < -0.4 is 5.73 Å². The van der Waals surface area contributed by atoms with Gasteiger partial charge in [-0.05, 0) is 19.9 Å². The molecule has 4 aliphatic heterocycles. The fourth-order valence-corrected chi connectivity index (χ4v) is 6.00. The highest BCUT2D eigenvalue weighted by molar-refractivity contribution is 5.82. The zero-order valence-electron chi connectivity index (χ0n) is 26.4. The van der Waals surface area contributed by atoms with Gasteiger partial charge in [-0.15, -0.1) is 0 Å². The molecule has 0 amide bonds. The number of nitrogens with two attached hydrogens (primary N) is 1. The third kappa shape index (κ3) is 10.6. The van der Waals surface area contributed by atoms with Crippen molar-refractivity contribution in [2.24, 2.45) is 11.7 Å². The van der Waals surface area contributed by atoms with Gasteiger partial charge in [0.25, 0.3) is 0 Å². The van der Waals surface area contributed by atoms with Crippen molar-refractivity contribution in [3.8, 4) is 0 Å². The van der Waals surface area contributed by atoms with Gasteiger partial charge >= 0.3 is 11.9 Å². The summed E-state index contributed by atoms with van der Waals surface area (Å²) in [5.74, 6) is -5.45. The summed E-state index contributed by atoms with van der Waals surface area (Å²) >= 11 is 0. The van der Waals surface area contributed by atoms with Gasteiger partial charge in [-0.3, -0.25) is 4.79 Å². The molecule has 8 N–H and O–H groups in total. The van der Waals surface area contributed by atoms with Gasteiger partial charge in [-0.1, -0.05) is 48.6 Å². The van der Waals surface area contributed by atoms with Crippen LogP contribution in [0.4, 0.5) is 0 Å². The van der Waals surface area contributed by atoms with Crippen molar-refractivity contribution in [3.63, 3.8) is 0 Å². The van der Waals surface area contributed by atoms with E-state index in [-0.39, 0.29) is 25.4 Å². The predicted octanol–water partition coefficient (Wildman–Crippen LogP) is 0.120. The van der Waals surface area contributed by atoms with Gasteiger partial charge in [0.15, 0.2) is 12.1 Å². The first-order valence-electron chi connectivity index (χ1n) is 15.9. The molecule has 14 heteroatoms. The highest BCUT2D eigenvalue weighted by atomic mass is 16.7. The Morgan fingerprint density at radius 3 is 2.36 bits per heavy atom. The van der Waals surface area contributed by atoms with Gasteiger partial charge in [0.05, 0.1) is 48.8 Å². The molecular weight excluding hydrogens is 618 g/mol. The van der Waals surface area contributed by atoms with Gasteiger partial charge in [-0.2, -0.15) is 0 Å². The highest BCUT2D eigenvalue weighted by Crippen LogP contribution is 2.39. The van der Waals surface area contributed by atoms with Crippen LogP contribution >= 0.6 is 0 Å². The minimum absolute atomic E-state index is 0.0789. The molecule has 0 radical (unpaired) electrons. The SMILES string of the molecule is C[C@@H]1C/C=C/C=C/C=C/C=C/C(O[C@@H]2O[C@H](C)[C@@H](O)[C@H](N)[C@H]2O)C[C@@H]2O[C@](O)(C[C@@H](O)C[C@H]3O[C@@H]3/C=C/C(=O)O1)C[C@H](O)[C@H]2C(=O)O. The summed E-state index contributed by atoms with van der Waals surface area (Å²) in [5, 5.41) is 63.9. The van der Waals surface area contributed by atoms with E-state index < -0.39 is 97.3 Å². The van der Waals surface area contributed by atoms with E-state index in [1.807, 2.05) is 6.08 Å². The number of carbonyl (C=O) groups is 2. The molecule has 0 aromatic heterocycles. The number of rotatable bonds is 3. The third-order valence-corrected chi connectivity index (χ3v) is 8.58. The van der Waals surface area contributed by atoms with Crippen molar-refractivity contribution in [2.45, 2.75) is 125 Å². The number of aliphatic hydroxyl groups is 5. The van der Waals surface area contributed by atoms with E-state index in [1.54, 1.807) is 56.4 Å². The normalized spacial score (nSPS) is 47.2. The zero-order valence-corrected chi connectivity index (χ0v) is 26.4. The Bertz CT molecular complexity index is 1220. The summed E-state index contributed by atoms with van der Waals surface area (Å²) in [5.41, 5.74) is 5.98. The van der Waals surface area contributed by atoms with Crippen LogP contribution in [-0.4, -0.2) is 122 Å². The Hall–Kier alpha value is -2.76. The number of fused-ring (bicyclic) bond motifs is 3. The molecule has 2 bridgehead atoms. The first-order chi connectivity index (χ1) is 22.3. The van der Waals surface area contributed by atoms with Crippen LogP contribution in [0.2, 0.25) is 0 Å². The molecule has 14 nitrogen and oxygen atoms in total. The average Bonchev–Trinajstić information content (AvgIpc) is 3.72. The molecular formula is C33H47NO13. The molecule has 47 heavy (non-hydrogen) atoms. The Morgan fingerprint density at radius 1 is 0.936 bits per heavy atom. The van der Waals surface area contributed by atoms with Crippen molar-refractivity contribution in [1.29, 1.82) is 0 Å². The maximum atomic E-state index is 12.3. The second-order valence-electron chi connectivity index (χ2n) is 12.6. The maximum Gasteiger partial charge on any atom is 0.330 e. The summed E-state index contributed by atoms with van der Waals surface area (Å²) in [6.45, 7) is 3.34. The summed E-state index contributed by atoms with van der Waals surface area (Å²) < 4.78 is 28.5. The Labute approximate surface area is 273 Å². The number of carbonyl (C=O) groups excluding carboxylic acids is 1. The van der Waals surface area contributed by atoms with Crippen LogP contribution in [-0.2, 0) is 33.3 Å². The van der Waals surface area contributed by atoms with E-state index >= 15 is 0 Å². The molecule has 0 aromatic rings. The van der Waals surface area contributed by atoms with Crippen molar-refractivity contribution >= 4 is 11.9 Å². The lowest BCUT2D eigenvalue weighted by molar-refractivity contribution is -0.308. The summed E-state index contributed by atoms with van der Waals surface area (Å²) in [7, 11) is 0. The van der Waals surface area contributed by atoms with Gasteiger partial charge in [-0.25, -0.2) is 4.79 Å². The van der Waals surface area contributed by atoms with E-state index in [4.69, 9.17) is 29.4 Å². The van der Waals surface area contributed by atoms with Crippen LogP contribution in [0.15, 0.2) is 60.8 Å². The number of carboxylic acids is 1. The van der Waals surface area contributed by atoms with Crippen LogP contribution in [0.1, 0.15) is 46.0 Å². The number of epoxide rings is 1. The van der Waals surface area contributed by atoms with Crippen molar-refractivity contribution < 1.29 is 63.9 Å². The van der Waals surface area contributed by atoms with Crippen LogP contribution in [0.5, 0.6) is 0 Å². The summed E-state index contributed by atoms with van der Waals surface area (Å²) in [4.78, 5) is 24.4. The molecule has 4 rings (SSSR count). The highest BCUT2D eigenvalue weighted by Gasteiger charge is 2.51. The molecule has 14 atom stereocenters. The standard InChI is InChI=1S/C33H47NO13/c1-18-10-8-6-4-3-5-7-9-11-21(45-32-30(39)28(34)29(38)19(2)44-32)15-25-27(31(40)41)22(36)17-33(42,47-25)16-20(35)14-24-23(46-24)12-13-26(37)43-18/h3-9,11-13,18-25,27-30,32,35-36,38-39,42H,10,14-17,34H2,1-2H3,(H,40,41)/b4-3+,7-5+,8-6+,11-9+,13-12+/t18-,19-,20+,21?,22+,23-,24-,25+,27-,28+,29-,30-,32+,33-/m1/s1. The summed E-state index contributed by atoms with van der Waals surface area (Å²) in [6, 6.07) is -1.08. The minimum atomic E-state index is -2.10. The molecule has 1 unspecified atom stereocenters. The zero-order chi connectivity index (χ0) is 34.3. The lowest BCUT2D eigenvalue weighted by atomic mass is 9.83. The molecule has 4 heterocycles. The van der Waals surface area contributed by atoms with E-state index in [0.717, 1.165) is 0 Å². The second-order valence-corrected chi connectivity index (χ2v) is 12.6. The van der Waals surface area contributed by atoms with E-state index in [2.05, 4.69) is 0 Å². The molecule has 3 fully saturated rings. The number of esters is 1. The van der Waals surface area contributed by atoms with Crippen molar-refractivity contribution in [2.75, 3.05) is 0 Å². The average molecular weight is 666 g/mol. The maximum absolute atomic E-state index is 12.3. The fraction of sp³-hybridized carbons (Fsp3) is 0.636. The van der Waals surface area contributed by atoms with E-state index in [0.29, 0.717) is 6.42 Å².